The number of benzene rings is 1. The molecule has 0 spiro atoms. The van der Waals surface area contributed by atoms with Gasteiger partial charge in [0.25, 0.3) is 0 Å². The molecular formula is C17H22N2O. The van der Waals surface area contributed by atoms with Crippen molar-refractivity contribution < 1.29 is 4.74 Å². The van der Waals surface area contributed by atoms with Gasteiger partial charge >= 0.3 is 0 Å². The summed E-state index contributed by atoms with van der Waals surface area (Å²) >= 11 is 0. The highest BCUT2D eigenvalue weighted by atomic mass is 16.5. The van der Waals surface area contributed by atoms with Crippen LogP contribution in [0.3, 0.4) is 0 Å². The highest BCUT2D eigenvalue weighted by Crippen LogP contribution is 2.43. The highest BCUT2D eigenvalue weighted by Gasteiger charge is 2.49. The zero-order valence-corrected chi connectivity index (χ0v) is 12.4. The van der Waals surface area contributed by atoms with Gasteiger partial charge in [0.15, 0.2) is 0 Å². The third-order valence-electron chi connectivity index (χ3n) is 4.48. The summed E-state index contributed by atoms with van der Waals surface area (Å²) < 4.78 is 6.17. The Labute approximate surface area is 120 Å². The lowest BCUT2D eigenvalue weighted by Crippen LogP contribution is -2.62. The van der Waals surface area contributed by atoms with E-state index in [2.05, 4.69) is 43.2 Å². The van der Waals surface area contributed by atoms with Gasteiger partial charge in [-0.2, -0.15) is 0 Å². The fourth-order valence-electron chi connectivity index (χ4n) is 2.96. The molecule has 1 N–H and O–H groups in total. The van der Waals surface area contributed by atoms with Crippen LogP contribution in [0.4, 0.5) is 0 Å². The van der Waals surface area contributed by atoms with Crippen LogP contribution in [0.15, 0.2) is 36.5 Å². The molecule has 3 rings (SSSR count). The Balaban J connectivity index is 1.74. The summed E-state index contributed by atoms with van der Waals surface area (Å²) in [7, 11) is 0. The molecule has 0 bridgehead atoms. The van der Waals surface area contributed by atoms with E-state index in [1.54, 1.807) is 0 Å². The summed E-state index contributed by atoms with van der Waals surface area (Å²) in [5.74, 6) is 0.921. The van der Waals surface area contributed by atoms with Crippen molar-refractivity contribution in [1.29, 1.82) is 0 Å². The van der Waals surface area contributed by atoms with Crippen LogP contribution < -0.4 is 10.1 Å². The molecule has 2 aromatic rings. The molecule has 1 saturated carbocycles. The van der Waals surface area contributed by atoms with E-state index in [1.807, 2.05) is 24.4 Å². The summed E-state index contributed by atoms with van der Waals surface area (Å²) in [5, 5.41) is 4.68. The van der Waals surface area contributed by atoms with Crippen molar-refractivity contribution in [3.8, 4) is 5.75 Å². The van der Waals surface area contributed by atoms with Crippen molar-refractivity contribution in [3.63, 3.8) is 0 Å². The Bertz CT molecular complexity index is 609. The molecule has 3 nitrogen and oxygen atoms in total. The summed E-state index contributed by atoms with van der Waals surface area (Å²) in [5.41, 5.74) is 1.17. The summed E-state index contributed by atoms with van der Waals surface area (Å²) in [6.45, 7) is 7.71. The van der Waals surface area contributed by atoms with Crippen LogP contribution in [0.5, 0.6) is 5.75 Å². The zero-order valence-electron chi connectivity index (χ0n) is 12.4. The lowest BCUT2D eigenvalue weighted by atomic mass is 9.64. The third kappa shape index (κ3) is 2.27. The minimum atomic E-state index is 0.176. The van der Waals surface area contributed by atoms with E-state index in [0.717, 1.165) is 29.6 Å². The molecule has 1 aliphatic carbocycles. The summed E-state index contributed by atoms with van der Waals surface area (Å²) in [4.78, 5) is 4.38. The van der Waals surface area contributed by atoms with Crippen LogP contribution in [0.2, 0.25) is 0 Å². The number of pyridine rings is 1. The van der Waals surface area contributed by atoms with Gasteiger partial charge in [0.1, 0.15) is 11.9 Å². The molecule has 0 saturated heterocycles. The molecule has 2 atom stereocenters. The van der Waals surface area contributed by atoms with E-state index in [0.29, 0.717) is 6.04 Å². The quantitative estimate of drug-likeness (QED) is 0.924. The van der Waals surface area contributed by atoms with Crippen molar-refractivity contribution in [2.24, 2.45) is 5.41 Å². The Hall–Kier alpha value is -1.61. The standard InChI is InChI=1S/C17H22N2O/c1-4-18-15-11-16(17(15,2)3)20-13-8-7-12-6-5-9-19-14(12)10-13/h5-10,15-16,18H,4,11H2,1-3H3. The molecule has 0 amide bonds. The number of hydrogen-bond acceptors (Lipinski definition) is 3. The van der Waals surface area contributed by atoms with Crippen LogP contribution in [-0.4, -0.2) is 23.7 Å². The maximum absolute atomic E-state index is 6.17. The monoisotopic (exact) mass is 270 g/mol. The van der Waals surface area contributed by atoms with Crippen LogP contribution in [-0.2, 0) is 0 Å². The predicted molar refractivity (Wildman–Crippen MR) is 82.0 cm³/mol. The summed E-state index contributed by atoms with van der Waals surface area (Å²) in [6.07, 6.45) is 3.16. The number of aromatic nitrogens is 1. The molecule has 1 aliphatic rings. The Kier molecular flexibility index (Phi) is 3.38. The normalized spacial score (nSPS) is 24.4. The number of nitrogens with one attached hydrogen (secondary N) is 1. The number of hydrogen-bond donors (Lipinski definition) is 1. The van der Waals surface area contributed by atoms with Crippen molar-refractivity contribution >= 4 is 10.9 Å². The fraction of sp³-hybridized carbons (Fsp3) is 0.471. The maximum Gasteiger partial charge on any atom is 0.121 e. The van der Waals surface area contributed by atoms with Gasteiger partial charge < -0.3 is 10.1 Å². The number of rotatable bonds is 4. The van der Waals surface area contributed by atoms with Gasteiger partial charge in [0.2, 0.25) is 0 Å². The maximum atomic E-state index is 6.17. The SMILES string of the molecule is CCNC1CC(Oc2ccc3cccnc3c2)C1(C)C. The molecule has 0 aliphatic heterocycles. The molecule has 3 heteroatoms. The second kappa shape index (κ2) is 5.06. The first-order valence-electron chi connectivity index (χ1n) is 7.36. The molecule has 2 unspecified atom stereocenters. The van der Waals surface area contributed by atoms with Crippen LogP contribution >= 0.6 is 0 Å². The third-order valence-corrected chi connectivity index (χ3v) is 4.48. The molecule has 1 heterocycles. The first-order chi connectivity index (χ1) is 9.61. The minimum Gasteiger partial charge on any atom is -0.490 e. The van der Waals surface area contributed by atoms with Gasteiger partial charge in [-0.15, -0.1) is 0 Å². The van der Waals surface area contributed by atoms with Crippen molar-refractivity contribution in [2.75, 3.05) is 6.54 Å². The van der Waals surface area contributed by atoms with E-state index in [1.165, 1.54) is 0 Å². The summed E-state index contributed by atoms with van der Waals surface area (Å²) in [6, 6.07) is 10.7. The topological polar surface area (TPSA) is 34.1 Å². The molecule has 0 radical (unpaired) electrons. The van der Waals surface area contributed by atoms with E-state index in [-0.39, 0.29) is 11.5 Å². The molecule has 20 heavy (non-hydrogen) atoms. The highest BCUT2D eigenvalue weighted by molar-refractivity contribution is 5.79. The van der Waals surface area contributed by atoms with Gasteiger partial charge in [-0.05, 0) is 24.7 Å². The van der Waals surface area contributed by atoms with Crippen LogP contribution in [0.25, 0.3) is 10.9 Å². The molecule has 1 fully saturated rings. The molecule has 106 valence electrons. The minimum absolute atomic E-state index is 0.176. The number of ether oxygens (including phenoxy) is 1. The van der Waals surface area contributed by atoms with E-state index >= 15 is 0 Å². The number of nitrogens with zero attached hydrogens (tertiary/aromatic N) is 1. The largest absolute Gasteiger partial charge is 0.490 e. The Morgan fingerprint density at radius 2 is 2.20 bits per heavy atom. The van der Waals surface area contributed by atoms with Crippen molar-refractivity contribution in [1.82, 2.24) is 10.3 Å². The predicted octanol–water partition coefficient (Wildman–Crippen LogP) is 3.39. The second-order valence-electron chi connectivity index (χ2n) is 6.13. The fourth-order valence-corrected chi connectivity index (χ4v) is 2.96. The first-order valence-corrected chi connectivity index (χ1v) is 7.36. The van der Waals surface area contributed by atoms with E-state index in [4.69, 9.17) is 4.74 Å². The van der Waals surface area contributed by atoms with E-state index in [9.17, 15) is 0 Å². The zero-order chi connectivity index (χ0) is 14.2. The van der Waals surface area contributed by atoms with Gasteiger partial charge in [-0.3, -0.25) is 4.98 Å². The van der Waals surface area contributed by atoms with Crippen LogP contribution in [0, 0.1) is 5.41 Å². The smallest absolute Gasteiger partial charge is 0.121 e. The van der Waals surface area contributed by atoms with Gasteiger partial charge in [0.05, 0.1) is 5.52 Å². The Morgan fingerprint density at radius 3 is 2.95 bits per heavy atom. The van der Waals surface area contributed by atoms with E-state index < -0.39 is 0 Å². The van der Waals surface area contributed by atoms with Crippen molar-refractivity contribution in [2.45, 2.75) is 39.3 Å². The molecular weight excluding hydrogens is 248 g/mol. The van der Waals surface area contributed by atoms with Gasteiger partial charge in [-0.1, -0.05) is 26.8 Å². The number of fused-ring (bicyclic) bond motifs is 1. The Morgan fingerprint density at radius 1 is 1.35 bits per heavy atom. The average Bonchev–Trinajstić information content (AvgIpc) is 2.46. The van der Waals surface area contributed by atoms with Gasteiger partial charge in [-0.25, -0.2) is 0 Å². The first kappa shape index (κ1) is 13.4. The molecule has 1 aromatic carbocycles. The average molecular weight is 270 g/mol. The molecule has 1 aromatic heterocycles. The van der Waals surface area contributed by atoms with Crippen molar-refractivity contribution in [3.05, 3.63) is 36.5 Å². The lowest BCUT2D eigenvalue weighted by Gasteiger charge is -2.51. The van der Waals surface area contributed by atoms with Gasteiger partial charge in [0, 0.05) is 35.5 Å². The van der Waals surface area contributed by atoms with Crippen LogP contribution in [0.1, 0.15) is 27.2 Å². The second-order valence-corrected chi connectivity index (χ2v) is 6.13. The lowest BCUT2D eigenvalue weighted by molar-refractivity contribution is -0.0540.